The molecule has 2 unspecified atom stereocenters. The van der Waals surface area contributed by atoms with Gasteiger partial charge in [0.1, 0.15) is 0 Å². The van der Waals surface area contributed by atoms with Gasteiger partial charge < -0.3 is 10.2 Å². The molecular weight excluding hydrogens is 224 g/mol. The zero-order chi connectivity index (χ0) is 13.0. The normalized spacial score (nSPS) is 26.4. The van der Waals surface area contributed by atoms with Gasteiger partial charge in [0.2, 0.25) is 5.91 Å². The summed E-state index contributed by atoms with van der Waals surface area (Å²) in [5.41, 5.74) is 0. The topological polar surface area (TPSA) is 32.3 Å². The molecule has 0 radical (unpaired) electrons. The average molecular weight is 252 g/mol. The van der Waals surface area contributed by atoms with Crippen molar-refractivity contribution in [2.75, 3.05) is 13.1 Å². The summed E-state index contributed by atoms with van der Waals surface area (Å²) >= 11 is 0. The van der Waals surface area contributed by atoms with Crippen molar-refractivity contribution >= 4 is 5.91 Å². The van der Waals surface area contributed by atoms with Gasteiger partial charge in [-0.2, -0.15) is 0 Å². The summed E-state index contributed by atoms with van der Waals surface area (Å²) in [5.74, 6) is 1.27. The maximum atomic E-state index is 12.5. The van der Waals surface area contributed by atoms with Crippen LogP contribution in [0.2, 0.25) is 0 Å². The number of nitrogens with zero attached hydrogens (tertiary/aromatic N) is 1. The van der Waals surface area contributed by atoms with E-state index in [1.54, 1.807) is 0 Å². The molecule has 1 heterocycles. The minimum absolute atomic E-state index is 0.0898. The van der Waals surface area contributed by atoms with E-state index in [4.69, 9.17) is 0 Å². The van der Waals surface area contributed by atoms with Crippen LogP contribution in [0.3, 0.4) is 0 Å². The molecule has 2 fully saturated rings. The molecule has 104 valence electrons. The van der Waals surface area contributed by atoms with Crippen LogP contribution in [0.15, 0.2) is 0 Å². The molecule has 0 bridgehead atoms. The Morgan fingerprint density at radius 1 is 1.33 bits per heavy atom. The zero-order valence-electron chi connectivity index (χ0n) is 12.0. The molecule has 3 nitrogen and oxygen atoms in total. The summed E-state index contributed by atoms with van der Waals surface area (Å²) in [6.07, 6.45) is 8.41. The summed E-state index contributed by atoms with van der Waals surface area (Å²) in [4.78, 5) is 14.7. The van der Waals surface area contributed by atoms with Crippen LogP contribution >= 0.6 is 0 Å². The lowest BCUT2D eigenvalue weighted by molar-refractivity contribution is -0.138. The van der Waals surface area contributed by atoms with Crippen molar-refractivity contribution in [3.8, 4) is 0 Å². The Kier molecular flexibility index (Phi) is 5.04. The van der Waals surface area contributed by atoms with Crippen LogP contribution in [0.4, 0.5) is 0 Å². The van der Waals surface area contributed by atoms with Gasteiger partial charge in [0.15, 0.2) is 0 Å². The Morgan fingerprint density at radius 3 is 2.72 bits per heavy atom. The molecule has 2 rings (SSSR count). The number of carbonyl (C=O) groups is 1. The number of rotatable bonds is 7. The Bertz CT molecular complexity index is 276. The van der Waals surface area contributed by atoms with Crippen LogP contribution < -0.4 is 5.32 Å². The number of piperidine rings is 1. The van der Waals surface area contributed by atoms with Gasteiger partial charge in [-0.1, -0.05) is 26.7 Å². The van der Waals surface area contributed by atoms with Crippen molar-refractivity contribution in [2.24, 2.45) is 5.92 Å². The van der Waals surface area contributed by atoms with Crippen molar-refractivity contribution in [3.63, 3.8) is 0 Å². The van der Waals surface area contributed by atoms with Gasteiger partial charge in [-0.15, -0.1) is 0 Å². The Balaban J connectivity index is 1.90. The molecule has 0 aromatic carbocycles. The number of hydrogen-bond acceptors (Lipinski definition) is 2. The molecule has 1 aliphatic heterocycles. The average Bonchev–Trinajstić information content (AvgIpc) is 3.19. The van der Waals surface area contributed by atoms with Crippen LogP contribution in [0.25, 0.3) is 0 Å². The van der Waals surface area contributed by atoms with Crippen LogP contribution in [-0.2, 0) is 4.79 Å². The fourth-order valence-corrected chi connectivity index (χ4v) is 3.02. The first-order valence-corrected chi connectivity index (χ1v) is 7.80. The minimum atomic E-state index is 0.0898. The van der Waals surface area contributed by atoms with E-state index >= 15 is 0 Å². The SMILES string of the molecule is CCCNC1CCCN(C(CC)CC2CC2)C1=O. The molecule has 1 saturated carbocycles. The third-order valence-electron chi connectivity index (χ3n) is 4.33. The van der Waals surface area contributed by atoms with E-state index in [9.17, 15) is 4.79 Å². The summed E-state index contributed by atoms with van der Waals surface area (Å²) in [6, 6.07) is 0.586. The smallest absolute Gasteiger partial charge is 0.239 e. The molecule has 18 heavy (non-hydrogen) atoms. The molecule has 0 spiro atoms. The Morgan fingerprint density at radius 2 is 2.11 bits per heavy atom. The van der Waals surface area contributed by atoms with E-state index in [0.717, 1.165) is 44.7 Å². The lowest BCUT2D eigenvalue weighted by atomic mass is 9.98. The molecule has 1 aliphatic carbocycles. The van der Waals surface area contributed by atoms with Crippen molar-refractivity contribution in [1.82, 2.24) is 10.2 Å². The van der Waals surface area contributed by atoms with Gasteiger partial charge in [-0.05, 0) is 44.6 Å². The van der Waals surface area contributed by atoms with Gasteiger partial charge >= 0.3 is 0 Å². The molecule has 1 N–H and O–H groups in total. The maximum absolute atomic E-state index is 12.5. The second kappa shape index (κ2) is 6.55. The summed E-state index contributed by atoms with van der Waals surface area (Å²) in [6.45, 7) is 6.32. The summed E-state index contributed by atoms with van der Waals surface area (Å²) in [7, 11) is 0. The molecule has 1 saturated heterocycles. The maximum Gasteiger partial charge on any atom is 0.239 e. The van der Waals surface area contributed by atoms with Gasteiger partial charge in [0, 0.05) is 12.6 Å². The van der Waals surface area contributed by atoms with Gasteiger partial charge in [-0.3, -0.25) is 4.79 Å². The number of carbonyl (C=O) groups excluding carboxylic acids is 1. The van der Waals surface area contributed by atoms with Crippen molar-refractivity contribution in [2.45, 2.75) is 70.9 Å². The van der Waals surface area contributed by atoms with Gasteiger partial charge in [0.25, 0.3) is 0 Å². The highest BCUT2D eigenvalue weighted by molar-refractivity contribution is 5.82. The summed E-state index contributed by atoms with van der Waals surface area (Å²) in [5, 5.41) is 3.41. The number of amides is 1. The zero-order valence-corrected chi connectivity index (χ0v) is 12.0. The second-order valence-electron chi connectivity index (χ2n) is 5.92. The van der Waals surface area contributed by atoms with Crippen molar-refractivity contribution in [1.29, 1.82) is 0 Å². The molecule has 0 aromatic heterocycles. The van der Waals surface area contributed by atoms with Crippen molar-refractivity contribution < 1.29 is 4.79 Å². The van der Waals surface area contributed by atoms with E-state index in [2.05, 4.69) is 24.1 Å². The third kappa shape index (κ3) is 3.47. The van der Waals surface area contributed by atoms with Crippen molar-refractivity contribution in [3.05, 3.63) is 0 Å². The first kappa shape index (κ1) is 13.9. The highest BCUT2D eigenvalue weighted by Crippen LogP contribution is 2.36. The summed E-state index contributed by atoms with van der Waals surface area (Å²) < 4.78 is 0. The standard InChI is InChI=1S/C15H28N2O/c1-3-9-16-14-6-5-10-17(15(14)18)13(4-2)11-12-7-8-12/h12-14,16H,3-11H2,1-2H3. The first-order chi connectivity index (χ1) is 8.76. The number of hydrogen-bond donors (Lipinski definition) is 1. The largest absolute Gasteiger partial charge is 0.338 e. The lowest BCUT2D eigenvalue weighted by Crippen LogP contribution is -2.54. The fourth-order valence-electron chi connectivity index (χ4n) is 3.02. The van der Waals surface area contributed by atoms with Crippen LogP contribution in [-0.4, -0.2) is 36.0 Å². The molecule has 2 atom stereocenters. The van der Waals surface area contributed by atoms with E-state index < -0.39 is 0 Å². The van der Waals surface area contributed by atoms with Crippen LogP contribution in [0.1, 0.15) is 58.8 Å². The van der Waals surface area contributed by atoms with Gasteiger partial charge in [0.05, 0.1) is 6.04 Å². The second-order valence-corrected chi connectivity index (χ2v) is 5.92. The highest BCUT2D eigenvalue weighted by atomic mass is 16.2. The lowest BCUT2D eigenvalue weighted by Gasteiger charge is -2.38. The fraction of sp³-hybridized carbons (Fsp3) is 0.933. The quantitative estimate of drug-likeness (QED) is 0.755. The Labute approximate surface area is 111 Å². The van der Waals surface area contributed by atoms with Gasteiger partial charge in [-0.25, -0.2) is 0 Å². The predicted molar refractivity (Wildman–Crippen MR) is 74.4 cm³/mol. The molecular formula is C15H28N2O. The first-order valence-electron chi connectivity index (χ1n) is 7.80. The monoisotopic (exact) mass is 252 g/mol. The van der Waals surface area contributed by atoms with E-state index in [-0.39, 0.29) is 6.04 Å². The third-order valence-corrected chi connectivity index (χ3v) is 4.33. The number of nitrogens with one attached hydrogen (secondary N) is 1. The van der Waals surface area contributed by atoms with Crippen LogP contribution in [0.5, 0.6) is 0 Å². The molecule has 2 aliphatic rings. The van der Waals surface area contributed by atoms with E-state index in [0.29, 0.717) is 11.9 Å². The highest BCUT2D eigenvalue weighted by Gasteiger charge is 2.34. The molecule has 1 amide bonds. The van der Waals surface area contributed by atoms with E-state index in [1.807, 2.05) is 0 Å². The Hall–Kier alpha value is -0.570. The minimum Gasteiger partial charge on any atom is -0.338 e. The van der Waals surface area contributed by atoms with E-state index in [1.165, 1.54) is 19.3 Å². The van der Waals surface area contributed by atoms with Crippen LogP contribution in [0, 0.1) is 5.92 Å². The molecule has 0 aromatic rings. The number of likely N-dealkylation sites (tertiary alicyclic amines) is 1. The predicted octanol–water partition coefficient (Wildman–Crippen LogP) is 2.56. The molecule has 3 heteroatoms.